The minimum absolute atomic E-state index is 0.163. The van der Waals surface area contributed by atoms with Crippen LogP contribution in [0.4, 0.5) is 15.8 Å². The summed E-state index contributed by atoms with van der Waals surface area (Å²) in [6.45, 7) is 0.438. The fraction of sp³-hybridized carbons (Fsp3) is 0.0714. The molecular formula is C14H13FN2O2. The predicted molar refractivity (Wildman–Crippen MR) is 71.5 cm³/mol. The highest BCUT2D eigenvalue weighted by atomic mass is 19.1. The molecule has 4 nitrogen and oxygen atoms in total. The summed E-state index contributed by atoms with van der Waals surface area (Å²) < 4.78 is 12.8. The third-order valence-corrected chi connectivity index (χ3v) is 2.70. The van der Waals surface area contributed by atoms with Crippen molar-refractivity contribution in [2.45, 2.75) is 6.54 Å². The van der Waals surface area contributed by atoms with Crippen molar-refractivity contribution in [2.24, 2.45) is 0 Å². The maximum absolute atomic E-state index is 12.8. The van der Waals surface area contributed by atoms with Gasteiger partial charge in [0.25, 0.3) is 0 Å². The van der Waals surface area contributed by atoms with E-state index in [-0.39, 0.29) is 11.4 Å². The van der Waals surface area contributed by atoms with E-state index in [1.54, 1.807) is 12.1 Å². The van der Waals surface area contributed by atoms with Crippen molar-refractivity contribution >= 4 is 17.3 Å². The monoisotopic (exact) mass is 260 g/mol. The van der Waals surface area contributed by atoms with E-state index in [9.17, 15) is 9.18 Å². The zero-order valence-electron chi connectivity index (χ0n) is 10.1. The van der Waals surface area contributed by atoms with Crippen molar-refractivity contribution in [2.75, 3.05) is 11.1 Å². The van der Waals surface area contributed by atoms with Crippen LogP contribution < -0.4 is 11.1 Å². The number of nitrogen functional groups attached to an aromatic ring is 1. The second-order valence-corrected chi connectivity index (χ2v) is 4.09. The molecule has 0 aliphatic carbocycles. The summed E-state index contributed by atoms with van der Waals surface area (Å²) in [5, 5.41) is 11.9. The van der Waals surface area contributed by atoms with Crippen LogP contribution in [0.1, 0.15) is 15.9 Å². The van der Waals surface area contributed by atoms with E-state index in [1.807, 2.05) is 0 Å². The van der Waals surface area contributed by atoms with Gasteiger partial charge in [-0.1, -0.05) is 12.1 Å². The molecule has 0 saturated carbocycles. The molecule has 5 heteroatoms. The predicted octanol–water partition coefficient (Wildman–Crippen LogP) is 2.72. The van der Waals surface area contributed by atoms with E-state index < -0.39 is 5.97 Å². The first-order chi connectivity index (χ1) is 9.06. The van der Waals surface area contributed by atoms with E-state index in [0.29, 0.717) is 17.9 Å². The molecule has 0 heterocycles. The molecule has 0 fully saturated rings. The van der Waals surface area contributed by atoms with Crippen molar-refractivity contribution in [3.8, 4) is 0 Å². The van der Waals surface area contributed by atoms with Crippen LogP contribution in [0, 0.1) is 5.82 Å². The van der Waals surface area contributed by atoms with Gasteiger partial charge in [0.05, 0.1) is 16.9 Å². The van der Waals surface area contributed by atoms with Gasteiger partial charge in [0.1, 0.15) is 5.82 Å². The highest BCUT2D eigenvalue weighted by Crippen LogP contribution is 2.21. The van der Waals surface area contributed by atoms with E-state index in [2.05, 4.69) is 5.32 Å². The Hall–Kier alpha value is -2.56. The van der Waals surface area contributed by atoms with Gasteiger partial charge >= 0.3 is 5.97 Å². The van der Waals surface area contributed by atoms with Gasteiger partial charge in [-0.2, -0.15) is 0 Å². The van der Waals surface area contributed by atoms with Gasteiger partial charge < -0.3 is 16.2 Å². The van der Waals surface area contributed by atoms with E-state index in [1.165, 1.54) is 30.3 Å². The molecule has 0 aliphatic rings. The molecule has 0 atom stereocenters. The van der Waals surface area contributed by atoms with Gasteiger partial charge in [-0.05, 0) is 35.9 Å². The number of carbonyl (C=O) groups is 1. The molecule has 4 N–H and O–H groups in total. The van der Waals surface area contributed by atoms with Gasteiger partial charge in [0, 0.05) is 6.54 Å². The molecule has 0 bridgehead atoms. The Kier molecular flexibility index (Phi) is 3.66. The Bertz CT molecular complexity index is 597. The molecule has 0 amide bonds. The van der Waals surface area contributed by atoms with Gasteiger partial charge in [-0.25, -0.2) is 9.18 Å². The fourth-order valence-corrected chi connectivity index (χ4v) is 1.64. The summed E-state index contributed by atoms with van der Waals surface area (Å²) in [7, 11) is 0. The molecule has 0 aliphatic heterocycles. The topological polar surface area (TPSA) is 75.4 Å². The number of hydrogen-bond donors (Lipinski definition) is 3. The Morgan fingerprint density at radius 2 is 1.89 bits per heavy atom. The molecule has 2 rings (SSSR count). The van der Waals surface area contributed by atoms with Gasteiger partial charge in [-0.3, -0.25) is 0 Å². The summed E-state index contributed by atoms with van der Waals surface area (Å²) in [5.74, 6) is -1.30. The van der Waals surface area contributed by atoms with Crippen LogP contribution >= 0.6 is 0 Å². The zero-order chi connectivity index (χ0) is 13.8. The second kappa shape index (κ2) is 5.39. The van der Waals surface area contributed by atoms with E-state index in [0.717, 1.165) is 5.56 Å². The molecule has 0 radical (unpaired) electrons. The number of halogens is 1. The standard InChI is InChI=1S/C14H13FN2O2/c15-11-4-1-9(2-5-11)8-17-13-7-10(14(18)19)3-6-12(13)16/h1-7,17H,8,16H2,(H,18,19). The molecular weight excluding hydrogens is 247 g/mol. The van der Waals surface area contributed by atoms with Gasteiger partial charge in [0.15, 0.2) is 0 Å². The van der Waals surface area contributed by atoms with Crippen LogP contribution in [0.2, 0.25) is 0 Å². The average Bonchev–Trinajstić information content (AvgIpc) is 2.39. The summed E-state index contributed by atoms with van der Waals surface area (Å²) >= 11 is 0. The van der Waals surface area contributed by atoms with Crippen molar-refractivity contribution in [1.29, 1.82) is 0 Å². The smallest absolute Gasteiger partial charge is 0.335 e. The molecule has 2 aromatic rings. The number of benzene rings is 2. The molecule has 0 saturated heterocycles. The van der Waals surface area contributed by atoms with Crippen LogP contribution in [-0.4, -0.2) is 11.1 Å². The van der Waals surface area contributed by atoms with Crippen LogP contribution in [0.3, 0.4) is 0 Å². The minimum atomic E-state index is -1.01. The Morgan fingerprint density at radius 3 is 2.53 bits per heavy atom. The summed E-state index contributed by atoms with van der Waals surface area (Å²) in [6.07, 6.45) is 0. The summed E-state index contributed by atoms with van der Waals surface area (Å²) in [6, 6.07) is 10.5. The van der Waals surface area contributed by atoms with E-state index in [4.69, 9.17) is 10.8 Å². The number of carboxylic acid groups (broad SMARTS) is 1. The summed E-state index contributed by atoms with van der Waals surface area (Å²) in [5.41, 5.74) is 7.81. The molecule has 98 valence electrons. The average molecular weight is 260 g/mol. The fourth-order valence-electron chi connectivity index (χ4n) is 1.64. The van der Waals surface area contributed by atoms with Crippen molar-refractivity contribution in [3.63, 3.8) is 0 Å². The Balaban J connectivity index is 2.12. The third kappa shape index (κ3) is 3.22. The first kappa shape index (κ1) is 12.9. The first-order valence-corrected chi connectivity index (χ1v) is 5.67. The maximum Gasteiger partial charge on any atom is 0.335 e. The number of nitrogens with one attached hydrogen (secondary N) is 1. The third-order valence-electron chi connectivity index (χ3n) is 2.70. The van der Waals surface area contributed by atoms with Crippen LogP contribution in [0.5, 0.6) is 0 Å². The first-order valence-electron chi connectivity index (χ1n) is 5.67. The molecule has 0 unspecified atom stereocenters. The lowest BCUT2D eigenvalue weighted by Gasteiger charge is -2.10. The minimum Gasteiger partial charge on any atom is -0.478 e. The number of nitrogens with two attached hydrogens (primary N) is 1. The lowest BCUT2D eigenvalue weighted by molar-refractivity contribution is 0.0697. The van der Waals surface area contributed by atoms with Crippen LogP contribution in [-0.2, 0) is 6.54 Å². The molecule has 19 heavy (non-hydrogen) atoms. The normalized spacial score (nSPS) is 10.2. The van der Waals surface area contributed by atoms with Crippen LogP contribution in [0.25, 0.3) is 0 Å². The largest absolute Gasteiger partial charge is 0.478 e. The van der Waals surface area contributed by atoms with Crippen LogP contribution in [0.15, 0.2) is 42.5 Å². The van der Waals surface area contributed by atoms with Crippen molar-refractivity contribution in [1.82, 2.24) is 0 Å². The Morgan fingerprint density at radius 1 is 1.21 bits per heavy atom. The van der Waals surface area contributed by atoms with Gasteiger partial charge in [-0.15, -0.1) is 0 Å². The number of aromatic carboxylic acids is 1. The number of anilines is 2. The summed E-state index contributed by atoms with van der Waals surface area (Å²) in [4.78, 5) is 10.9. The van der Waals surface area contributed by atoms with Crippen molar-refractivity contribution < 1.29 is 14.3 Å². The highest BCUT2D eigenvalue weighted by Gasteiger charge is 2.06. The SMILES string of the molecule is Nc1ccc(C(=O)O)cc1NCc1ccc(F)cc1. The molecule has 0 aromatic heterocycles. The molecule has 2 aromatic carbocycles. The quantitative estimate of drug-likeness (QED) is 0.739. The second-order valence-electron chi connectivity index (χ2n) is 4.09. The Labute approximate surface area is 109 Å². The van der Waals surface area contributed by atoms with Crippen molar-refractivity contribution in [3.05, 3.63) is 59.4 Å². The molecule has 0 spiro atoms. The lowest BCUT2D eigenvalue weighted by atomic mass is 10.1. The zero-order valence-corrected chi connectivity index (χ0v) is 10.1. The number of rotatable bonds is 4. The van der Waals surface area contributed by atoms with Gasteiger partial charge in [0.2, 0.25) is 0 Å². The number of hydrogen-bond acceptors (Lipinski definition) is 3. The van der Waals surface area contributed by atoms with E-state index >= 15 is 0 Å². The maximum atomic E-state index is 12.8. The lowest BCUT2D eigenvalue weighted by Crippen LogP contribution is -2.05. The highest BCUT2D eigenvalue weighted by molar-refractivity contribution is 5.90. The number of carboxylic acids is 1.